The van der Waals surface area contributed by atoms with Gasteiger partial charge in [-0.3, -0.25) is 24.1 Å². The minimum atomic E-state index is -0.627. The lowest BCUT2D eigenvalue weighted by atomic mass is 10.1. The first-order valence-electron chi connectivity index (χ1n) is 9.05. The molecule has 0 atom stereocenters. The van der Waals surface area contributed by atoms with Crippen molar-refractivity contribution in [1.82, 2.24) is 4.90 Å². The highest BCUT2D eigenvalue weighted by atomic mass is 16.5. The van der Waals surface area contributed by atoms with Gasteiger partial charge in [-0.15, -0.1) is 0 Å². The van der Waals surface area contributed by atoms with Gasteiger partial charge < -0.3 is 9.64 Å². The van der Waals surface area contributed by atoms with Gasteiger partial charge in [0.2, 0.25) is 0 Å². The average molecular weight is 378 g/mol. The zero-order valence-electron chi connectivity index (χ0n) is 15.1. The topological polar surface area (TPSA) is 84.0 Å². The lowest BCUT2D eigenvalue weighted by Gasteiger charge is -2.17. The molecule has 2 aromatic rings. The molecule has 2 heterocycles. The molecule has 142 valence electrons. The lowest BCUT2D eigenvalue weighted by Crippen LogP contribution is -2.34. The second-order valence-corrected chi connectivity index (χ2v) is 6.64. The normalized spacial score (nSPS) is 14.9. The Morgan fingerprint density at radius 1 is 0.929 bits per heavy atom. The van der Waals surface area contributed by atoms with Crippen LogP contribution in [0, 0.1) is 0 Å². The number of fused-ring (bicyclic) bond motifs is 2. The van der Waals surface area contributed by atoms with E-state index in [0.29, 0.717) is 17.7 Å². The molecule has 3 amide bonds. The molecule has 0 saturated carbocycles. The third-order valence-corrected chi connectivity index (χ3v) is 4.96. The molecule has 7 nitrogen and oxygen atoms in total. The van der Waals surface area contributed by atoms with E-state index in [1.54, 1.807) is 29.2 Å². The van der Waals surface area contributed by atoms with Crippen LogP contribution in [0.2, 0.25) is 0 Å². The molecule has 2 aromatic carbocycles. The summed E-state index contributed by atoms with van der Waals surface area (Å²) < 4.78 is 5.06. The third kappa shape index (κ3) is 3.15. The van der Waals surface area contributed by atoms with Gasteiger partial charge in [-0.1, -0.05) is 30.3 Å². The van der Waals surface area contributed by atoms with Crippen molar-refractivity contribution in [3.63, 3.8) is 0 Å². The molecule has 0 spiro atoms. The van der Waals surface area contributed by atoms with Crippen LogP contribution in [0.15, 0.2) is 48.5 Å². The molecule has 0 radical (unpaired) electrons. The minimum Gasteiger partial charge on any atom is -0.455 e. The molecule has 0 aliphatic carbocycles. The van der Waals surface area contributed by atoms with Crippen LogP contribution in [0.5, 0.6) is 0 Å². The first kappa shape index (κ1) is 17.9. The van der Waals surface area contributed by atoms with Crippen molar-refractivity contribution in [2.45, 2.75) is 12.8 Å². The molecule has 0 fully saturated rings. The summed E-state index contributed by atoms with van der Waals surface area (Å²) in [7, 11) is 0. The maximum atomic E-state index is 12.4. The van der Waals surface area contributed by atoms with E-state index in [9.17, 15) is 19.2 Å². The van der Waals surface area contributed by atoms with E-state index < -0.39 is 17.8 Å². The molecule has 2 aliphatic rings. The Labute approximate surface area is 161 Å². The van der Waals surface area contributed by atoms with Crippen LogP contribution in [0.3, 0.4) is 0 Å². The van der Waals surface area contributed by atoms with Crippen molar-refractivity contribution in [2.75, 3.05) is 24.6 Å². The monoisotopic (exact) mass is 378 g/mol. The van der Waals surface area contributed by atoms with E-state index in [-0.39, 0.29) is 25.5 Å². The Bertz CT molecular complexity index is 949. The Hall–Kier alpha value is -3.48. The van der Waals surface area contributed by atoms with Crippen LogP contribution in [0.1, 0.15) is 32.7 Å². The van der Waals surface area contributed by atoms with E-state index in [1.165, 1.54) is 0 Å². The highest BCUT2D eigenvalue weighted by Gasteiger charge is 2.35. The van der Waals surface area contributed by atoms with Gasteiger partial charge in [0.25, 0.3) is 17.7 Å². The number of anilines is 1. The number of hydrogen-bond donors (Lipinski definition) is 0. The third-order valence-electron chi connectivity index (χ3n) is 4.96. The summed E-state index contributed by atoms with van der Waals surface area (Å²) in [6, 6.07) is 14.2. The maximum Gasteiger partial charge on any atom is 0.308 e. The molecule has 0 aromatic heterocycles. The number of benzene rings is 2. The number of carbonyl (C=O) groups excluding carboxylic acids is 4. The van der Waals surface area contributed by atoms with Gasteiger partial charge in [-0.2, -0.15) is 0 Å². The molecule has 4 rings (SSSR count). The number of imide groups is 1. The first-order valence-corrected chi connectivity index (χ1v) is 9.05. The van der Waals surface area contributed by atoms with Crippen molar-refractivity contribution in [3.05, 3.63) is 65.2 Å². The van der Waals surface area contributed by atoms with Crippen molar-refractivity contribution in [3.8, 4) is 0 Å². The zero-order chi connectivity index (χ0) is 19.7. The number of carbonyl (C=O) groups is 4. The van der Waals surface area contributed by atoms with Crippen molar-refractivity contribution < 1.29 is 23.9 Å². The smallest absolute Gasteiger partial charge is 0.308 e. The standard InChI is InChI=1S/C21H18N2O5/c24-18(22-11-9-14-5-1-4-8-17(14)22)13-28-19(25)10-12-23-20(26)15-6-2-3-7-16(15)21(23)27/h1-8H,9-13H2. The predicted octanol–water partition coefficient (Wildman–Crippen LogP) is 1.81. The van der Waals surface area contributed by atoms with Gasteiger partial charge in [0.15, 0.2) is 6.61 Å². The Morgan fingerprint density at radius 2 is 1.57 bits per heavy atom. The summed E-state index contributed by atoms with van der Waals surface area (Å²) in [6.07, 6.45) is 0.616. The fourth-order valence-corrected chi connectivity index (χ4v) is 3.53. The number of ether oxygens (including phenoxy) is 1. The number of rotatable bonds is 5. The average Bonchev–Trinajstić information content (AvgIpc) is 3.25. The number of esters is 1. The van der Waals surface area contributed by atoms with E-state index in [2.05, 4.69) is 0 Å². The molecule has 0 bridgehead atoms. The number of hydrogen-bond acceptors (Lipinski definition) is 5. The van der Waals surface area contributed by atoms with Gasteiger partial charge in [-0.25, -0.2) is 0 Å². The van der Waals surface area contributed by atoms with Gasteiger partial charge in [0.05, 0.1) is 17.5 Å². The van der Waals surface area contributed by atoms with E-state index in [0.717, 1.165) is 22.6 Å². The summed E-state index contributed by atoms with van der Waals surface area (Å²) in [6.45, 7) is 0.117. The minimum absolute atomic E-state index is 0.0775. The fourth-order valence-electron chi connectivity index (χ4n) is 3.53. The maximum absolute atomic E-state index is 12.4. The van der Waals surface area contributed by atoms with Crippen molar-refractivity contribution in [2.24, 2.45) is 0 Å². The summed E-state index contributed by atoms with van der Waals surface area (Å²) in [5.41, 5.74) is 2.61. The second kappa shape index (κ2) is 7.26. The highest BCUT2D eigenvalue weighted by molar-refractivity contribution is 6.21. The molecule has 7 heteroatoms. The summed E-state index contributed by atoms with van der Waals surface area (Å²) in [5.74, 6) is -1.76. The number of nitrogens with zero attached hydrogens (tertiary/aromatic N) is 2. The van der Waals surface area contributed by atoms with Crippen molar-refractivity contribution in [1.29, 1.82) is 0 Å². The Kier molecular flexibility index (Phi) is 4.65. The van der Waals surface area contributed by atoms with Gasteiger partial charge in [-0.05, 0) is 30.2 Å². The molecular formula is C21H18N2O5. The van der Waals surface area contributed by atoms with Crippen LogP contribution >= 0.6 is 0 Å². The summed E-state index contributed by atoms with van der Waals surface area (Å²) in [5, 5.41) is 0. The highest BCUT2D eigenvalue weighted by Crippen LogP contribution is 2.27. The number of amides is 3. The molecule has 28 heavy (non-hydrogen) atoms. The molecule has 0 unspecified atom stereocenters. The molecular weight excluding hydrogens is 360 g/mol. The van der Waals surface area contributed by atoms with Gasteiger partial charge >= 0.3 is 5.97 Å². The van der Waals surface area contributed by atoms with Crippen LogP contribution in [-0.4, -0.2) is 48.3 Å². The molecule has 0 saturated heterocycles. The van der Waals surface area contributed by atoms with Crippen LogP contribution in [0.25, 0.3) is 0 Å². The second-order valence-electron chi connectivity index (χ2n) is 6.64. The van der Waals surface area contributed by atoms with Crippen LogP contribution in [0.4, 0.5) is 5.69 Å². The van der Waals surface area contributed by atoms with Gasteiger partial charge in [0.1, 0.15) is 0 Å². The fraction of sp³-hybridized carbons (Fsp3) is 0.238. The van der Waals surface area contributed by atoms with Crippen molar-refractivity contribution >= 4 is 29.4 Å². The molecule has 2 aliphatic heterocycles. The summed E-state index contributed by atoms with van der Waals surface area (Å²) in [4.78, 5) is 51.5. The largest absolute Gasteiger partial charge is 0.455 e. The van der Waals surface area contributed by atoms with Crippen LogP contribution in [-0.2, 0) is 20.7 Å². The summed E-state index contributed by atoms with van der Waals surface area (Å²) >= 11 is 0. The van der Waals surface area contributed by atoms with E-state index in [4.69, 9.17) is 4.74 Å². The SMILES string of the molecule is O=C(CCN1C(=O)c2ccccc2C1=O)OCC(=O)N1CCc2ccccc21. The first-order chi connectivity index (χ1) is 13.6. The predicted molar refractivity (Wildman–Crippen MR) is 99.9 cm³/mol. The van der Waals surface area contributed by atoms with E-state index >= 15 is 0 Å². The Balaban J connectivity index is 1.29. The lowest BCUT2D eigenvalue weighted by molar-refractivity contribution is -0.147. The molecule has 0 N–H and O–H groups in total. The van der Waals surface area contributed by atoms with E-state index in [1.807, 2.05) is 24.3 Å². The quantitative estimate of drug-likeness (QED) is 0.585. The zero-order valence-corrected chi connectivity index (χ0v) is 15.1. The van der Waals surface area contributed by atoms with Gasteiger partial charge in [0, 0.05) is 18.8 Å². The Morgan fingerprint density at radius 3 is 2.29 bits per heavy atom. The number of para-hydroxylation sites is 1. The van der Waals surface area contributed by atoms with Crippen LogP contribution < -0.4 is 4.90 Å².